The molecule has 1 aromatic heterocycles. The fourth-order valence-electron chi connectivity index (χ4n) is 1.92. The summed E-state index contributed by atoms with van der Waals surface area (Å²) in [6, 6.07) is 1.61. The number of amides is 1. The van der Waals surface area contributed by atoms with Crippen LogP contribution >= 0.6 is 27.3 Å². The van der Waals surface area contributed by atoms with Crippen molar-refractivity contribution in [2.45, 2.75) is 30.9 Å². The second-order valence-corrected chi connectivity index (χ2v) is 8.89. The van der Waals surface area contributed by atoms with E-state index in [9.17, 15) is 13.2 Å². The molecule has 1 saturated heterocycles. The highest BCUT2D eigenvalue weighted by Crippen LogP contribution is 2.34. The Morgan fingerprint density at radius 2 is 2.22 bits per heavy atom. The number of hydrogen-bond acceptors (Lipinski definition) is 4. The van der Waals surface area contributed by atoms with Gasteiger partial charge in [-0.15, -0.1) is 11.3 Å². The minimum Gasteiger partial charge on any atom is -0.274 e. The molecule has 1 fully saturated rings. The highest BCUT2D eigenvalue weighted by Gasteiger charge is 2.38. The smallest absolute Gasteiger partial charge is 0.274 e. The van der Waals surface area contributed by atoms with Crippen molar-refractivity contribution in [3.8, 4) is 0 Å². The molecule has 0 radical (unpaired) electrons. The van der Waals surface area contributed by atoms with Crippen molar-refractivity contribution in [1.82, 2.24) is 4.31 Å². The van der Waals surface area contributed by atoms with Crippen molar-refractivity contribution < 1.29 is 13.2 Å². The summed E-state index contributed by atoms with van der Waals surface area (Å²) in [4.78, 5) is 11.8. The van der Waals surface area contributed by atoms with Crippen LogP contribution in [0.25, 0.3) is 0 Å². The van der Waals surface area contributed by atoms with Crippen LogP contribution in [0.2, 0.25) is 0 Å². The van der Waals surface area contributed by atoms with E-state index in [0.717, 1.165) is 31.4 Å². The summed E-state index contributed by atoms with van der Waals surface area (Å²) < 4.78 is 26.8. The van der Waals surface area contributed by atoms with E-state index in [4.69, 9.17) is 0 Å². The number of hydrogen-bond donors (Lipinski definition) is 0. The average molecular weight is 352 g/mol. The molecule has 2 heterocycles. The molecule has 1 amide bonds. The number of rotatable bonds is 3. The summed E-state index contributed by atoms with van der Waals surface area (Å²) in [5.41, 5.74) is 0.872. The van der Waals surface area contributed by atoms with Crippen molar-refractivity contribution in [2.75, 3.05) is 6.54 Å². The lowest BCUT2D eigenvalue weighted by Crippen LogP contribution is -2.31. The Bertz CT molecular complexity index is 560. The summed E-state index contributed by atoms with van der Waals surface area (Å²) in [7, 11) is -3.66. The van der Waals surface area contributed by atoms with Crippen LogP contribution in [0.15, 0.2) is 14.1 Å². The zero-order chi connectivity index (χ0) is 13.5. The van der Waals surface area contributed by atoms with E-state index in [1.807, 2.05) is 13.8 Å². The molecular formula is C11H14BrNO3S2. The number of sulfonamides is 1. The Morgan fingerprint density at radius 1 is 1.56 bits per heavy atom. The number of thiophene rings is 1. The molecular weight excluding hydrogens is 338 g/mol. The van der Waals surface area contributed by atoms with E-state index in [0.29, 0.717) is 13.0 Å². The SMILES string of the molecule is CCC1CC(=O)N(S(=O)(=O)c2cc(C)c(Br)s2)C1. The molecule has 0 N–H and O–H groups in total. The predicted molar refractivity (Wildman–Crippen MR) is 74.1 cm³/mol. The second-order valence-electron chi connectivity index (χ2n) is 4.43. The highest BCUT2D eigenvalue weighted by molar-refractivity contribution is 9.11. The monoisotopic (exact) mass is 351 g/mol. The third-order valence-corrected chi connectivity index (χ3v) is 7.49. The van der Waals surface area contributed by atoms with E-state index in [2.05, 4.69) is 15.9 Å². The first-order valence-electron chi connectivity index (χ1n) is 5.67. The van der Waals surface area contributed by atoms with Gasteiger partial charge in [-0.05, 0) is 40.4 Å². The quantitative estimate of drug-likeness (QED) is 0.841. The van der Waals surface area contributed by atoms with Crippen LogP contribution in [0.1, 0.15) is 25.3 Å². The van der Waals surface area contributed by atoms with E-state index >= 15 is 0 Å². The molecule has 1 aliphatic rings. The molecule has 0 spiro atoms. The van der Waals surface area contributed by atoms with Crippen LogP contribution in [0.3, 0.4) is 0 Å². The summed E-state index contributed by atoms with van der Waals surface area (Å²) in [6.45, 7) is 4.12. The van der Waals surface area contributed by atoms with Crippen LogP contribution in [0, 0.1) is 12.8 Å². The Kier molecular flexibility index (Phi) is 3.85. The summed E-state index contributed by atoms with van der Waals surface area (Å²) in [6.07, 6.45) is 1.16. The fraction of sp³-hybridized carbons (Fsp3) is 0.545. The lowest BCUT2D eigenvalue weighted by atomic mass is 10.1. The zero-order valence-corrected chi connectivity index (χ0v) is 13.4. The topological polar surface area (TPSA) is 54.5 Å². The van der Waals surface area contributed by atoms with Crippen molar-refractivity contribution in [3.63, 3.8) is 0 Å². The van der Waals surface area contributed by atoms with E-state index in [-0.39, 0.29) is 16.0 Å². The standard InChI is InChI=1S/C11H14BrNO3S2/c1-3-8-5-9(14)13(6-8)18(15,16)10-4-7(2)11(12)17-10/h4,8H,3,5-6H2,1-2H3. The normalized spacial score (nSPS) is 20.7. The van der Waals surface area contributed by atoms with Crippen LogP contribution in [0.5, 0.6) is 0 Å². The van der Waals surface area contributed by atoms with Gasteiger partial charge in [-0.25, -0.2) is 12.7 Å². The van der Waals surface area contributed by atoms with Crippen LogP contribution < -0.4 is 0 Å². The maximum Gasteiger partial charge on any atom is 0.276 e. The van der Waals surface area contributed by atoms with Crippen LogP contribution in [0.4, 0.5) is 0 Å². The summed E-state index contributed by atoms with van der Waals surface area (Å²) in [5, 5.41) is 0. The van der Waals surface area contributed by atoms with Crippen LogP contribution in [-0.4, -0.2) is 25.2 Å². The van der Waals surface area contributed by atoms with E-state index in [1.54, 1.807) is 6.07 Å². The molecule has 0 bridgehead atoms. The van der Waals surface area contributed by atoms with Gasteiger partial charge < -0.3 is 0 Å². The van der Waals surface area contributed by atoms with Crippen molar-refractivity contribution in [3.05, 3.63) is 15.4 Å². The largest absolute Gasteiger partial charge is 0.276 e. The molecule has 7 heteroatoms. The van der Waals surface area contributed by atoms with Gasteiger partial charge in [-0.3, -0.25) is 4.79 Å². The van der Waals surface area contributed by atoms with E-state index in [1.165, 1.54) is 0 Å². The van der Waals surface area contributed by atoms with Crippen LogP contribution in [-0.2, 0) is 14.8 Å². The maximum absolute atomic E-state index is 12.4. The van der Waals surface area contributed by atoms with Crippen molar-refractivity contribution >= 4 is 43.2 Å². The number of carbonyl (C=O) groups excluding carboxylic acids is 1. The average Bonchev–Trinajstić information content (AvgIpc) is 2.84. The molecule has 100 valence electrons. The zero-order valence-electron chi connectivity index (χ0n) is 10.1. The summed E-state index contributed by atoms with van der Waals surface area (Å²) >= 11 is 4.46. The molecule has 4 nitrogen and oxygen atoms in total. The fourth-order valence-corrected chi connectivity index (χ4v) is 5.75. The van der Waals surface area contributed by atoms with Gasteiger partial charge in [0.2, 0.25) is 5.91 Å². The van der Waals surface area contributed by atoms with Gasteiger partial charge in [0.25, 0.3) is 10.0 Å². The number of carbonyl (C=O) groups is 1. The highest BCUT2D eigenvalue weighted by atomic mass is 79.9. The Balaban J connectivity index is 2.35. The Labute approximate surface area is 119 Å². The third kappa shape index (κ3) is 2.35. The first-order chi connectivity index (χ1) is 8.36. The molecule has 1 aromatic rings. The first-order valence-corrected chi connectivity index (χ1v) is 8.72. The molecule has 2 rings (SSSR count). The maximum atomic E-state index is 12.4. The van der Waals surface area contributed by atoms with Gasteiger partial charge in [0.05, 0.1) is 3.79 Å². The molecule has 0 saturated carbocycles. The minimum absolute atomic E-state index is 0.150. The molecule has 1 atom stereocenters. The van der Waals surface area contributed by atoms with Gasteiger partial charge in [0, 0.05) is 13.0 Å². The molecule has 0 aliphatic carbocycles. The molecule has 18 heavy (non-hydrogen) atoms. The lowest BCUT2D eigenvalue weighted by molar-refractivity contribution is -0.123. The molecule has 1 aliphatic heterocycles. The van der Waals surface area contributed by atoms with Gasteiger partial charge in [0.1, 0.15) is 4.21 Å². The number of aryl methyl sites for hydroxylation is 1. The number of halogens is 1. The van der Waals surface area contributed by atoms with Crippen molar-refractivity contribution in [2.24, 2.45) is 5.92 Å². The summed E-state index contributed by atoms with van der Waals surface area (Å²) in [5.74, 6) is -0.138. The number of nitrogens with zero attached hydrogens (tertiary/aromatic N) is 1. The lowest BCUT2D eigenvalue weighted by Gasteiger charge is -2.15. The first kappa shape index (κ1) is 14.0. The molecule has 0 aromatic carbocycles. The molecule has 1 unspecified atom stereocenters. The van der Waals surface area contributed by atoms with Gasteiger partial charge >= 0.3 is 0 Å². The predicted octanol–water partition coefficient (Wildman–Crippen LogP) is 2.77. The Morgan fingerprint density at radius 3 is 2.67 bits per heavy atom. The third-order valence-electron chi connectivity index (χ3n) is 3.12. The van der Waals surface area contributed by atoms with E-state index < -0.39 is 10.0 Å². The van der Waals surface area contributed by atoms with Crippen molar-refractivity contribution in [1.29, 1.82) is 0 Å². The minimum atomic E-state index is -3.66. The van der Waals surface area contributed by atoms with Gasteiger partial charge in [-0.1, -0.05) is 13.3 Å². The van der Waals surface area contributed by atoms with Gasteiger partial charge in [-0.2, -0.15) is 0 Å². The second kappa shape index (κ2) is 4.94. The van der Waals surface area contributed by atoms with Gasteiger partial charge in [0.15, 0.2) is 0 Å². The Hall–Kier alpha value is -0.400.